The van der Waals surface area contributed by atoms with Crippen LogP contribution in [-0.4, -0.2) is 61.5 Å². The summed E-state index contributed by atoms with van der Waals surface area (Å²) in [6.45, 7) is 1.57. The lowest BCUT2D eigenvalue weighted by molar-refractivity contribution is -0.192. The summed E-state index contributed by atoms with van der Waals surface area (Å²) in [6, 6.07) is 13.2. The van der Waals surface area contributed by atoms with Crippen molar-refractivity contribution < 1.29 is 27.9 Å². The van der Waals surface area contributed by atoms with Crippen LogP contribution in [0.25, 0.3) is 11.2 Å². The molecule has 9 nitrogen and oxygen atoms in total. The number of amides is 1. The van der Waals surface area contributed by atoms with Crippen LogP contribution in [0, 0.1) is 0 Å². The first-order chi connectivity index (χ1) is 17.1. The lowest BCUT2D eigenvalue weighted by Gasteiger charge is -2.18. The van der Waals surface area contributed by atoms with Crippen molar-refractivity contribution in [3.8, 4) is 5.69 Å². The van der Waals surface area contributed by atoms with E-state index >= 15 is 0 Å². The van der Waals surface area contributed by atoms with Gasteiger partial charge in [-0.1, -0.05) is 11.6 Å². The van der Waals surface area contributed by atoms with Crippen LogP contribution in [0.5, 0.6) is 0 Å². The van der Waals surface area contributed by atoms with E-state index in [2.05, 4.69) is 30.8 Å². The van der Waals surface area contributed by atoms with E-state index in [1.807, 2.05) is 30.6 Å². The number of hydrogen-bond donors (Lipinski definition) is 2. The van der Waals surface area contributed by atoms with E-state index in [0.29, 0.717) is 10.7 Å². The summed E-state index contributed by atoms with van der Waals surface area (Å²) in [5.74, 6) is -1.98. The molecular formula is C23H20ClF3N6O3. The fourth-order valence-corrected chi connectivity index (χ4v) is 3.84. The number of nitrogens with one attached hydrogen (secondary N) is 1. The third kappa shape index (κ3) is 5.77. The van der Waals surface area contributed by atoms with Crippen LogP contribution < -0.4 is 10.2 Å². The highest BCUT2D eigenvalue weighted by Gasteiger charge is 2.38. The second-order valence-electron chi connectivity index (χ2n) is 7.88. The van der Waals surface area contributed by atoms with Gasteiger partial charge >= 0.3 is 12.1 Å². The Morgan fingerprint density at radius 2 is 1.81 bits per heavy atom. The number of rotatable bonds is 4. The van der Waals surface area contributed by atoms with E-state index in [1.165, 1.54) is 0 Å². The van der Waals surface area contributed by atoms with Crippen LogP contribution in [0.2, 0.25) is 5.02 Å². The lowest BCUT2D eigenvalue weighted by Crippen LogP contribution is -2.37. The van der Waals surface area contributed by atoms with Crippen LogP contribution in [0.15, 0.2) is 67.3 Å². The minimum Gasteiger partial charge on any atom is -0.475 e. The number of carboxylic acid groups (broad SMARTS) is 1. The molecule has 0 spiro atoms. The molecule has 1 saturated heterocycles. The van der Waals surface area contributed by atoms with Gasteiger partial charge in [0.25, 0.3) is 5.91 Å². The number of aliphatic carboxylic acids is 1. The number of nitrogens with zero attached hydrogens (tertiary/aromatic N) is 5. The fourth-order valence-electron chi connectivity index (χ4n) is 3.71. The Bertz CT molecular complexity index is 1370. The Morgan fingerprint density at radius 3 is 2.50 bits per heavy atom. The van der Waals surface area contributed by atoms with Crippen LogP contribution in [0.1, 0.15) is 16.9 Å². The predicted octanol–water partition coefficient (Wildman–Crippen LogP) is 3.82. The molecule has 0 aliphatic carbocycles. The van der Waals surface area contributed by atoms with E-state index in [0.717, 1.165) is 36.5 Å². The van der Waals surface area contributed by atoms with Crippen molar-refractivity contribution in [3.05, 3.63) is 78.0 Å². The Hall–Kier alpha value is -4.06. The Morgan fingerprint density at radius 1 is 1.08 bits per heavy atom. The highest BCUT2D eigenvalue weighted by molar-refractivity contribution is 6.30. The molecule has 2 N–H and O–H groups in total. The second kappa shape index (κ2) is 10.3. The van der Waals surface area contributed by atoms with Gasteiger partial charge in [-0.15, -0.1) is 0 Å². The Balaban J connectivity index is 0.000000384. The SMILES string of the molecule is O=C(N[C@H]1CCN(c2nccn3cccc23)C1)c1ccn(-c2ccc(Cl)cc2)n1.O=C(O)C(F)(F)F. The van der Waals surface area contributed by atoms with Crippen molar-refractivity contribution in [3.63, 3.8) is 0 Å². The summed E-state index contributed by atoms with van der Waals surface area (Å²) >= 11 is 5.93. The van der Waals surface area contributed by atoms with Gasteiger partial charge in [0.1, 0.15) is 0 Å². The number of benzene rings is 1. The molecule has 4 aromatic rings. The molecule has 36 heavy (non-hydrogen) atoms. The van der Waals surface area contributed by atoms with Crippen LogP contribution in [0.4, 0.5) is 19.0 Å². The van der Waals surface area contributed by atoms with Crippen molar-refractivity contribution >= 4 is 34.8 Å². The summed E-state index contributed by atoms with van der Waals surface area (Å²) in [5, 5.41) is 15.3. The number of carbonyl (C=O) groups excluding carboxylic acids is 1. The first-order valence-corrected chi connectivity index (χ1v) is 11.1. The number of carboxylic acids is 1. The van der Waals surface area contributed by atoms with Crippen molar-refractivity contribution in [2.24, 2.45) is 0 Å². The number of halogens is 4. The highest BCUT2D eigenvalue weighted by Crippen LogP contribution is 2.23. The maximum Gasteiger partial charge on any atom is 0.490 e. The molecule has 0 saturated carbocycles. The summed E-state index contributed by atoms with van der Waals surface area (Å²) in [4.78, 5) is 28.3. The zero-order valence-corrected chi connectivity index (χ0v) is 19.3. The molecule has 3 aromatic heterocycles. The Labute approximate surface area is 207 Å². The minimum absolute atomic E-state index is 0.0557. The molecule has 1 aromatic carbocycles. The molecule has 13 heteroatoms. The van der Waals surface area contributed by atoms with Gasteiger partial charge < -0.3 is 19.7 Å². The molecule has 0 unspecified atom stereocenters. The van der Waals surface area contributed by atoms with Gasteiger partial charge in [0, 0.05) is 48.9 Å². The van der Waals surface area contributed by atoms with Gasteiger partial charge in [-0.25, -0.2) is 14.5 Å². The number of carbonyl (C=O) groups is 2. The number of anilines is 1. The van der Waals surface area contributed by atoms with Gasteiger partial charge in [-0.05, 0) is 48.9 Å². The normalized spacial score (nSPS) is 15.4. The quantitative estimate of drug-likeness (QED) is 0.424. The third-order valence-electron chi connectivity index (χ3n) is 5.41. The number of aromatic nitrogens is 4. The standard InChI is InChI=1S/C21H19ClN6O.C2HF3O2/c22-15-3-5-17(6-4-15)28-12-8-18(25-28)21(29)24-16-7-11-27(14-16)20-19-2-1-10-26(19)13-9-23-20;3-2(4,5)1(6)7/h1-6,8-10,12-13,16H,7,11,14H2,(H,24,29);(H,6,7)/t16-;/m0./s1. The molecule has 0 radical (unpaired) electrons. The maximum absolute atomic E-state index is 12.7. The summed E-state index contributed by atoms with van der Waals surface area (Å²) < 4.78 is 35.5. The lowest BCUT2D eigenvalue weighted by atomic mass is 10.2. The average molecular weight is 521 g/mol. The van der Waals surface area contributed by atoms with Gasteiger partial charge in [-0.2, -0.15) is 18.3 Å². The number of alkyl halides is 3. The number of hydrogen-bond acceptors (Lipinski definition) is 5. The monoisotopic (exact) mass is 520 g/mol. The van der Waals surface area contributed by atoms with Crippen LogP contribution in [-0.2, 0) is 4.79 Å². The van der Waals surface area contributed by atoms with Crippen molar-refractivity contribution in [1.82, 2.24) is 24.5 Å². The molecule has 4 heterocycles. The molecule has 1 aliphatic heterocycles. The minimum atomic E-state index is -5.08. The molecule has 188 valence electrons. The molecule has 5 rings (SSSR count). The van der Waals surface area contributed by atoms with E-state index in [9.17, 15) is 18.0 Å². The van der Waals surface area contributed by atoms with Crippen LogP contribution in [0.3, 0.4) is 0 Å². The van der Waals surface area contributed by atoms with Gasteiger partial charge in [0.05, 0.1) is 11.2 Å². The molecule has 1 amide bonds. The van der Waals surface area contributed by atoms with Crippen molar-refractivity contribution in [2.75, 3.05) is 18.0 Å². The molecule has 0 bridgehead atoms. The molecule has 1 fully saturated rings. The zero-order chi connectivity index (χ0) is 25.9. The molecule has 1 atom stereocenters. The summed E-state index contributed by atoms with van der Waals surface area (Å²) in [7, 11) is 0. The van der Waals surface area contributed by atoms with E-state index in [4.69, 9.17) is 21.5 Å². The smallest absolute Gasteiger partial charge is 0.475 e. The van der Waals surface area contributed by atoms with E-state index in [1.54, 1.807) is 35.3 Å². The first kappa shape index (κ1) is 25.0. The van der Waals surface area contributed by atoms with Crippen molar-refractivity contribution in [2.45, 2.75) is 18.6 Å². The number of fused-ring (bicyclic) bond motifs is 1. The Kier molecular flexibility index (Phi) is 7.15. The second-order valence-corrected chi connectivity index (χ2v) is 8.32. The molecular weight excluding hydrogens is 501 g/mol. The largest absolute Gasteiger partial charge is 0.490 e. The van der Waals surface area contributed by atoms with Gasteiger partial charge in [0.15, 0.2) is 11.5 Å². The van der Waals surface area contributed by atoms with Crippen molar-refractivity contribution in [1.29, 1.82) is 0 Å². The zero-order valence-electron chi connectivity index (χ0n) is 18.6. The van der Waals surface area contributed by atoms with Gasteiger partial charge in [0.2, 0.25) is 0 Å². The maximum atomic E-state index is 12.7. The topological polar surface area (TPSA) is 105 Å². The first-order valence-electron chi connectivity index (χ1n) is 10.7. The summed E-state index contributed by atoms with van der Waals surface area (Å²) in [5.41, 5.74) is 2.32. The van der Waals surface area contributed by atoms with Gasteiger partial charge in [-0.3, -0.25) is 4.79 Å². The van der Waals surface area contributed by atoms with E-state index in [-0.39, 0.29) is 11.9 Å². The predicted molar refractivity (Wildman–Crippen MR) is 126 cm³/mol. The molecule has 1 aliphatic rings. The fraction of sp³-hybridized carbons (Fsp3) is 0.217. The average Bonchev–Trinajstić information content (AvgIpc) is 3.59. The van der Waals surface area contributed by atoms with E-state index < -0.39 is 12.1 Å². The van der Waals surface area contributed by atoms with Crippen LogP contribution >= 0.6 is 11.6 Å². The third-order valence-corrected chi connectivity index (χ3v) is 5.66. The summed E-state index contributed by atoms with van der Waals surface area (Å²) in [6.07, 6.45) is 3.30. The highest BCUT2D eigenvalue weighted by atomic mass is 35.5.